The molecule has 0 saturated heterocycles. The highest BCUT2D eigenvalue weighted by Gasteiger charge is 2.13. The van der Waals surface area contributed by atoms with Crippen molar-refractivity contribution in [3.8, 4) is 5.69 Å². The number of aryl methyl sites for hydroxylation is 1. The lowest BCUT2D eigenvalue weighted by Gasteiger charge is -2.09. The number of fused-ring (bicyclic) bond motifs is 1. The fourth-order valence-corrected chi connectivity index (χ4v) is 2.71. The zero-order chi connectivity index (χ0) is 13.6. The molecule has 3 aromatic rings. The maximum atomic E-state index is 6.27. The molecule has 96 valence electrons. The molecule has 2 aromatic carbocycles. The van der Waals surface area contributed by atoms with Crippen LogP contribution in [0.1, 0.15) is 5.56 Å². The molecule has 0 spiro atoms. The molecule has 0 aliphatic rings. The minimum atomic E-state index is 0.429. The predicted octanol–water partition coefficient (Wildman–Crippen LogP) is 4.33. The number of nitrogen functional groups attached to an aromatic ring is 1. The highest BCUT2D eigenvalue weighted by Crippen LogP contribution is 2.30. The number of benzene rings is 2. The van der Waals surface area contributed by atoms with Crippen molar-refractivity contribution in [1.29, 1.82) is 0 Å². The van der Waals surface area contributed by atoms with E-state index in [9.17, 15) is 0 Å². The lowest BCUT2D eigenvalue weighted by Crippen LogP contribution is -2.01. The van der Waals surface area contributed by atoms with Gasteiger partial charge in [0.15, 0.2) is 0 Å². The third-order valence-corrected chi connectivity index (χ3v) is 4.23. The van der Waals surface area contributed by atoms with E-state index in [0.717, 1.165) is 26.8 Å². The number of aromatic nitrogens is 2. The van der Waals surface area contributed by atoms with Crippen LogP contribution in [0.4, 0.5) is 5.95 Å². The van der Waals surface area contributed by atoms with Gasteiger partial charge in [0, 0.05) is 4.47 Å². The molecular weight excluding hydrogens is 326 g/mol. The van der Waals surface area contributed by atoms with Crippen LogP contribution in [0.3, 0.4) is 0 Å². The van der Waals surface area contributed by atoms with Crippen LogP contribution in [0.5, 0.6) is 0 Å². The van der Waals surface area contributed by atoms with Crippen molar-refractivity contribution < 1.29 is 0 Å². The number of nitrogens with two attached hydrogens (primary N) is 1. The van der Waals surface area contributed by atoms with Gasteiger partial charge >= 0.3 is 0 Å². The molecule has 1 heterocycles. The van der Waals surface area contributed by atoms with Crippen molar-refractivity contribution in [2.75, 3.05) is 5.73 Å². The lowest BCUT2D eigenvalue weighted by atomic mass is 10.2. The molecule has 3 nitrogen and oxygen atoms in total. The molecular formula is C14H11BrClN3. The summed E-state index contributed by atoms with van der Waals surface area (Å²) in [5, 5.41) is 0.637. The predicted molar refractivity (Wildman–Crippen MR) is 82.9 cm³/mol. The molecule has 0 aliphatic heterocycles. The Kier molecular flexibility index (Phi) is 2.99. The topological polar surface area (TPSA) is 43.8 Å². The highest BCUT2D eigenvalue weighted by atomic mass is 79.9. The number of rotatable bonds is 1. The van der Waals surface area contributed by atoms with Gasteiger partial charge in [-0.05, 0) is 36.8 Å². The van der Waals surface area contributed by atoms with Crippen LogP contribution >= 0.6 is 27.5 Å². The number of nitrogens with zero attached hydrogens (tertiary/aromatic N) is 2. The zero-order valence-corrected chi connectivity index (χ0v) is 12.5. The van der Waals surface area contributed by atoms with Crippen molar-refractivity contribution in [3.63, 3.8) is 0 Å². The van der Waals surface area contributed by atoms with E-state index >= 15 is 0 Å². The molecule has 0 saturated carbocycles. The summed E-state index contributed by atoms with van der Waals surface area (Å²) in [6.07, 6.45) is 0. The van der Waals surface area contributed by atoms with Crippen molar-refractivity contribution in [2.45, 2.75) is 6.92 Å². The Morgan fingerprint density at radius 2 is 2.05 bits per heavy atom. The van der Waals surface area contributed by atoms with Gasteiger partial charge in [-0.2, -0.15) is 0 Å². The first-order chi connectivity index (χ1) is 9.08. The van der Waals surface area contributed by atoms with Crippen molar-refractivity contribution in [2.24, 2.45) is 0 Å². The van der Waals surface area contributed by atoms with Gasteiger partial charge in [-0.1, -0.05) is 39.7 Å². The summed E-state index contributed by atoms with van der Waals surface area (Å²) in [5.41, 5.74) is 9.74. The molecule has 5 heteroatoms. The monoisotopic (exact) mass is 335 g/mol. The van der Waals surface area contributed by atoms with Crippen LogP contribution < -0.4 is 5.73 Å². The fourth-order valence-electron chi connectivity index (χ4n) is 2.09. The Balaban J connectivity index is 2.35. The van der Waals surface area contributed by atoms with E-state index in [1.54, 1.807) is 0 Å². The molecule has 2 N–H and O–H groups in total. The summed E-state index contributed by atoms with van der Waals surface area (Å²) < 4.78 is 2.89. The molecule has 0 fully saturated rings. The summed E-state index contributed by atoms with van der Waals surface area (Å²) in [5.74, 6) is 0.429. The quantitative estimate of drug-likeness (QED) is 0.718. The minimum absolute atomic E-state index is 0.429. The summed E-state index contributed by atoms with van der Waals surface area (Å²) in [6.45, 7) is 2.04. The van der Waals surface area contributed by atoms with Crippen LogP contribution in [0.15, 0.2) is 40.9 Å². The standard InChI is InChI=1S/C14H11BrClN3/c1-8-5-6-9(7-10(8)15)19-13-11(16)3-2-4-12(13)18-14(19)17/h2-7H,1H3,(H2,17,18). The first kappa shape index (κ1) is 12.5. The Hall–Kier alpha value is -1.52. The van der Waals surface area contributed by atoms with E-state index in [-0.39, 0.29) is 0 Å². The van der Waals surface area contributed by atoms with Crippen molar-refractivity contribution in [3.05, 3.63) is 51.5 Å². The normalized spacial score (nSPS) is 11.1. The van der Waals surface area contributed by atoms with Crippen LogP contribution in [-0.4, -0.2) is 9.55 Å². The number of halogens is 2. The summed E-state index contributed by atoms with van der Waals surface area (Å²) in [4.78, 5) is 4.34. The van der Waals surface area contributed by atoms with E-state index in [2.05, 4.69) is 20.9 Å². The number of para-hydroxylation sites is 1. The zero-order valence-electron chi connectivity index (χ0n) is 10.2. The SMILES string of the molecule is Cc1ccc(-n2c(N)nc3cccc(Cl)c32)cc1Br. The van der Waals surface area contributed by atoms with Gasteiger partial charge in [-0.3, -0.25) is 4.57 Å². The van der Waals surface area contributed by atoms with Gasteiger partial charge in [0.25, 0.3) is 0 Å². The first-order valence-corrected chi connectivity index (χ1v) is 6.94. The van der Waals surface area contributed by atoms with E-state index < -0.39 is 0 Å². The van der Waals surface area contributed by atoms with Gasteiger partial charge in [0.05, 0.1) is 21.7 Å². The van der Waals surface area contributed by atoms with Gasteiger partial charge in [0.2, 0.25) is 5.95 Å². The molecule has 19 heavy (non-hydrogen) atoms. The largest absolute Gasteiger partial charge is 0.369 e. The molecule has 0 aliphatic carbocycles. The average molecular weight is 337 g/mol. The smallest absolute Gasteiger partial charge is 0.205 e. The number of hydrogen-bond donors (Lipinski definition) is 1. The van der Waals surface area contributed by atoms with E-state index in [0.29, 0.717) is 11.0 Å². The highest BCUT2D eigenvalue weighted by molar-refractivity contribution is 9.10. The van der Waals surface area contributed by atoms with Crippen LogP contribution in [-0.2, 0) is 0 Å². The van der Waals surface area contributed by atoms with Crippen molar-refractivity contribution >= 4 is 44.5 Å². The van der Waals surface area contributed by atoms with E-state index in [4.69, 9.17) is 17.3 Å². The minimum Gasteiger partial charge on any atom is -0.369 e. The maximum absolute atomic E-state index is 6.27. The summed E-state index contributed by atoms with van der Waals surface area (Å²) >= 11 is 9.80. The second kappa shape index (κ2) is 4.54. The Labute approximate surface area is 124 Å². The molecule has 0 unspecified atom stereocenters. The molecule has 1 aromatic heterocycles. The average Bonchev–Trinajstić information content (AvgIpc) is 2.70. The van der Waals surface area contributed by atoms with Gasteiger partial charge in [-0.15, -0.1) is 0 Å². The second-order valence-corrected chi connectivity index (χ2v) is 5.61. The third-order valence-electron chi connectivity index (χ3n) is 3.07. The first-order valence-electron chi connectivity index (χ1n) is 5.77. The maximum Gasteiger partial charge on any atom is 0.205 e. The fraction of sp³-hybridized carbons (Fsp3) is 0.0714. The number of anilines is 1. The van der Waals surface area contributed by atoms with Crippen LogP contribution in [0, 0.1) is 6.92 Å². The number of imidazole rings is 1. The Morgan fingerprint density at radius 1 is 1.26 bits per heavy atom. The molecule has 0 amide bonds. The van der Waals surface area contributed by atoms with Gasteiger partial charge < -0.3 is 5.73 Å². The second-order valence-electron chi connectivity index (χ2n) is 4.35. The van der Waals surface area contributed by atoms with E-state index in [1.807, 2.05) is 47.9 Å². The molecule has 3 rings (SSSR count). The summed E-state index contributed by atoms with van der Waals surface area (Å²) in [7, 11) is 0. The van der Waals surface area contributed by atoms with Gasteiger partial charge in [-0.25, -0.2) is 4.98 Å². The summed E-state index contributed by atoms with van der Waals surface area (Å²) in [6, 6.07) is 11.6. The van der Waals surface area contributed by atoms with Gasteiger partial charge in [0.1, 0.15) is 0 Å². The van der Waals surface area contributed by atoms with E-state index in [1.165, 1.54) is 0 Å². The third kappa shape index (κ3) is 2.01. The van der Waals surface area contributed by atoms with Crippen LogP contribution in [0.25, 0.3) is 16.7 Å². The Morgan fingerprint density at radius 3 is 2.79 bits per heavy atom. The van der Waals surface area contributed by atoms with Crippen LogP contribution in [0.2, 0.25) is 5.02 Å². The Bertz CT molecular complexity index is 780. The molecule has 0 radical (unpaired) electrons. The molecule has 0 bridgehead atoms. The number of hydrogen-bond acceptors (Lipinski definition) is 2. The van der Waals surface area contributed by atoms with Crippen molar-refractivity contribution in [1.82, 2.24) is 9.55 Å². The molecule has 0 atom stereocenters. The lowest BCUT2D eigenvalue weighted by molar-refractivity contribution is 1.10.